The van der Waals surface area contributed by atoms with E-state index < -0.39 is 0 Å². The van der Waals surface area contributed by atoms with Crippen LogP contribution in [0.1, 0.15) is 6.42 Å². The van der Waals surface area contributed by atoms with Crippen molar-refractivity contribution in [2.45, 2.75) is 6.42 Å². The number of anilines is 1. The summed E-state index contributed by atoms with van der Waals surface area (Å²) in [5, 5.41) is 12.7. The monoisotopic (exact) mass is 313 g/mol. The zero-order valence-electron chi connectivity index (χ0n) is 13.4. The fourth-order valence-electron chi connectivity index (χ4n) is 2.31. The lowest BCUT2D eigenvalue weighted by atomic mass is 10.1. The van der Waals surface area contributed by atoms with Crippen molar-refractivity contribution in [3.05, 3.63) is 61.4 Å². The van der Waals surface area contributed by atoms with E-state index in [0.717, 1.165) is 15.5 Å². The van der Waals surface area contributed by atoms with Gasteiger partial charge in [0.1, 0.15) is 5.69 Å². The van der Waals surface area contributed by atoms with Crippen LogP contribution in [0.15, 0.2) is 61.4 Å². The predicted molar refractivity (Wildman–Crippen MR) is 92.3 cm³/mol. The molecule has 2 rings (SSSR count). The van der Waals surface area contributed by atoms with Gasteiger partial charge in [-0.25, -0.2) is 0 Å². The second-order valence-electron chi connectivity index (χ2n) is 4.90. The topological polar surface area (TPSA) is 53.7 Å². The van der Waals surface area contributed by atoms with Crippen molar-refractivity contribution in [1.82, 2.24) is 0 Å². The first-order chi connectivity index (χ1) is 11.1. The van der Waals surface area contributed by atoms with E-state index in [1.165, 1.54) is 14.2 Å². The zero-order valence-corrected chi connectivity index (χ0v) is 13.4. The standard InChI is InChI=1S/C18H21N2O3/c1-5-8-17(13(2)22-3)20(21)18-12-15-10-7-6-9-14(15)11-16(18)19-23-4/h5-7,9-12,19,21H,1-2,8H2,3-4H3/q+1/b20-17-. The highest BCUT2D eigenvalue weighted by atomic mass is 16.6. The highest BCUT2D eigenvalue weighted by Gasteiger charge is 2.24. The second kappa shape index (κ2) is 7.47. The number of nitrogens with zero attached hydrogens (tertiary/aromatic N) is 1. The molecule has 0 atom stereocenters. The van der Waals surface area contributed by atoms with E-state index in [9.17, 15) is 5.21 Å². The molecule has 5 heteroatoms. The molecule has 0 bridgehead atoms. The van der Waals surface area contributed by atoms with Gasteiger partial charge in [0.25, 0.3) is 11.4 Å². The Morgan fingerprint density at radius 3 is 2.48 bits per heavy atom. The molecule has 2 aromatic rings. The summed E-state index contributed by atoms with van der Waals surface area (Å²) in [5.74, 6) is 0.365. The Morgan fingerprint density at radius 2 is 1.91 bits per heavy atom. The third-order valence-corrected chi connectivity index (χ3v) is 3.47. The molecule has 2 aromatic carbocycles. The molecular formula is C18H21N2O3+. The van der Waals surface area contributed by atoms with Crippen molar-refractivity contribution in [3.63, 3.8) is 0 Å². The fourth-order valence-corrected chi connectivity index (χ4v) is 2.31. The van der Waals surface area contributed by atoms with Gasteiger partial charge < -0.3 is 4.74 Å². The molecule has 0 amide bonds. The highest BCUT2D eigenvalue weighted by molar-refractivity contribution is 5.96. The van der Waals surface area contributed by atoms with Crippen molar-refractivity contribution >= 4 is 27.9 Å². The van der Waals surface area contributed by atoms with Crippen LogP contribution in [0.3, 0.4) is 0 Å². The van der Waals surface area contributed by atoms with Gasteiger partial charge in [-0.3, -0.25) is 15.5 Å². The summed E-state index contributed by atoms with van der Waals surface area (Å²) in [6.07, 6.45) is 2.08. The van der Waals surface area contributed by atoms with Gasteiger partial charge in [-0.1, -0.05) is 30.3 Å². The molecule has 0 saturated heterocycles. The Bertz CT molecular complexity index is 766. The summed E-state index contributed by atoms with van der Waals surface area (Å²) in [7, 11) is 3.02. The number of fused-ring (bicyclic) bond motifs is 1. The second-order valence-corrected chi connectivity index (χ2v) is 4.90. The molecule has 0 saturated carbocycles. The van der Waals surface area contributed by atoms with Crippen molar-refractivity contribution in [3.8, 4) is 0 Å². The Labute approximate surface area is 135 Å². The van der Waals surface area contributed by atoms with E-state index in [4.69, 9.17) is 9.57 Å². The summed E-state index contributed by atoms with van der Waals surface area (Å²) in [4.78, 5) is 5.02. The summed E-state index contributed by atoms with van der Waals surface area (Å²) in [5.41, 5.74) is 4.44. The number of rotatable bonds is 7. The van der Waals surface area contributed by atoms with Gasteiger partial charge in [0.15, 0.2) is 5.76 Å². The van der Waals surface area contributed by atoms with E-state index in [1.807, 2.05) is 36.4 Å². The number of ether oxygens (including phenoxy) is 1. The van der Waals surface area contributed by atoms with Crippen LogP contribution in [0.5, 0.6) is 0 Å². The van der Waals surface area contributed by atoms with Crippen LogP contribution in [0.4, 0.5) is 11.4 Å². The number of hydrogen-bond donors (Lipinski definition) is 2. The summed E-state index contributed by atoms with van der Waals surface area (Å²) < 4.78 is 6.21. The maximum Gasteiger partial charge on any atom is 0.283 e. The number of allylic oxidation sites excluding steroid dienone is 2. The first-order valence-corrected chi connectivity index (χ1v) is 7.13. The molecule has 2 N–H and O–H groups in total. The van der Waals surface area contributed by atoms with Crippen LogP contribution >= 0.6 is 0 Å². The fraction of sp³-hybridized carbons (Fsp3) is 0.167. The van der Waals surface area contributed by atoms with E-state index in [1.54, 1.807) is 6.08 Å². The minimum Gasteiger partial charge on any atom is -0.491 e. The van der Waals surface area contributed by atoms with Gasteiger partial charge in [-0.2, -0.15) is 0 Å². The smallest absolute Gasteiger partial charge is 0.283 e. The first kappa shape index (κ1) is 16.6. The Morgan fingerprint density at radius 1 is 1.26 bits per heavy atom. The molecule has 0 fully saturated rings. The van der Waals surface area contributed by atoms with Gasteiger partial charge in [0, 0.05) is 10.8 Å². The van der Waals surface area contributed by atoms with Crippen LogP contribution in [-0.2, 0) is 9.57 Å². The third-order valence-electron chi connectivity index (χ3n) is 3.47. The summed E-state index contributed by atoms with van der Waals surface area (Å²) >= 11 is 0. The van der Waals surface area contributed by atoms with Crippen molar-refractivity contribution in [2.75, 3.05) is 19.7 Å². The number of benzene rings is 2. The molecule has 0 spiro atoms. The molecule has 0 heterocycles. The SMILES string of the molecule is C=CC/C(C(=C)OC)=[N+](/O)c1cc2ccccc2cc1NOC. The van der Waals surface area contributed by atoms with Gasteiger partial charge in [-0.05, 0) is 23.4 Å². The van der Waals surface area contributed by atoms with Crippen molar-refractivity contribution in [1.29, 1.82) is 0 Å². The average molecular weight is 313 g/mol. The average Bonchev–Trinajstić information content (AvgIpc) is 2.58. The van der Waals surface area contributed by atoms with Gasteiger partial charge in [0.05, 0.1) is 20.6 Å². The normalized spacial score (nSPS) is 11.7. The lowest BCUT2D eigenvalue weighted by Gasteiger charge is -2.09. The predicted octanol–water partition coefficient (Wildman–Crippen LogP) is 4.02. The number of methoxy groups -OCH3 is 1. The molecule has 0 radical (unpaired) electrons. The van der Waals surface area contributed by atoms with E-state index in [2.05, 4.69) is 18.6 Å². The molecular weight excluding hydrogens is 292 g/mol. The number of hydrogen-bond acceptors (Lipinski definition) is 4. The molecule has 0 unspecified atom stereocenters. The Balaban J connectivity index is 2.69. The maximum atomic E-state index is 10.7. The minimum atomic E-state index is 0.365. The van der Waals surface area contributed by atoms with Crippen molar-refractivity contribution in [2.24, 2.45) is 0 Å². The van der Waals surface area contributed by atoms with E-state index in [0.29, 0.717) is 29.3 Å². The molecule has 0 aliphatic carbocycles. The molecule has 23 heavy (non-hydrogen) atoms. The van der Waals surface area contributed by atoms with E-state index in [-0.39, 0.29) is 0 Å². The maximum absolute atomic E-state index is 10.7. The Hall–Kier alpha value is -2.79. The van der Waals surface area contributed by atoms with Crippen LogP contribution in [0.25, 0.3) is 10.8 Å². The van der Waals surface area contributed by atoms with E-state index >= 15 is 0 Å². The Kier molecular flexibility index (Phi) is 5.38. The summed E-state index contributed by atoms with van der Waals surface area (Å²) in [6.45, 7) is 7.52. The molecule has 0 aliphatic rings. The van der Waals surface area contributed by atoms with Crippen molar-refractivity contribution < 1.29 is 19.5 Å². The van der Waals surface area contributed by atoms with Gasteiger partial charge in [0.2, 0.25) is 0 Å². The largest absolute Gasteiger partial charge is 0.491 e. The highest BCUT2D eigenvalue weighted by Crippen LogP contribution is 2.30. The zero-order chi connectivity index (χ0) is 16.8. The molecule has 120 valence electrons. The molecule has 0 aliphatic heterocycles. The van der Waals surface area contributed by atoms with Crippen LogP contribution < -0.4 is 5.48 Å². The lowest BCUT2D eigenvalue weighted by Crippen LogP contribution is -2.17. The minimum absolute atomic E-state index is 0.365. The number of nitrogens with one attached hydrogen (secondary N) is 1. The van der Waals surface area contributed by atoms with Crippen LogP contribution in [0, 0.1) is 0 Å². The lowest BCUT2D eigenvalue weighted by molar-refractivity contribution is -0.713. The third kappa shape index (κ3) is 3.52. The van der Waals surface area contributed by atoms with Gasteiger partial charge in [-0.15, -0.1) is 6.58 Å². The van der Waals surface area contributed by atoms with Crippen LogP contribution in [-0.4, -0.2) is 29.9 Å². The molecule has 0 aromatic heterocycles. The molecule has 5 nitrogen and oxygen atoms in total. The quantitative estimate of drug-likeness (QED) is 0.202. The summed E-state index contributed by atoms with van der Waals surface area (Å²) in [6, 6.07) is 11.6. The van der Waals surface area contributed by atoms with Gasteiger partial charge >= 0.3 is 0 Å². The van der Waals surface area contributed by atoms with Crippen LogP contribution in [0.2, 0.25) is 0 Å². The first-order valence-electron chi connectivity index (χ1n) is 7.13.